The molecular formula is C11H16N6O3. The summed E-state index contributed by atoms with van der Waals surface area (Å²) in [4.78, 5) is 14.7. The molecule has 0 aromatic carbocycles. The van der Waals surface area contributed by atoms with Gasteiger partial charge in [0.05, 0.1) is 4.92 Å². The normalized spacial score (nSPS) is 10.7. The molecule has 2 heterocycles. The third-order valence-corrected chi connectivity index (χ3v) is 2.81. The summed E-state index contributed by atoms with van der Waals surface area (Å²) >= 11 is 0. The summed E-state index contributed by atoms with van der Waals surface area (Å²) in [5.41, 5.74) is 0.546. The van der Waals surface area contributed by atoms with Crippen LogP contribution in [0, 0.1) is 10.1 Å². The summed E-state index contributed by atoms with van der Waals surface area (Å²) in [6.07, 6.45) is 3.15. The number of hydrogen-bond donors (Lipinski definition) is 1. The predicted molar refractivity (Wildman–Crippen MR) is 70.3 cm³/mol. The van der Waals surface area contributed by atoms with Crippen molar-refractivity contribution in [3.63, 3.8) is 0 Å². The Balaban J connectivity index is 2.11. The van der Waals surface area contributed by atoms with Gasteiger partial charge in [0.15, 0.2) is 5.82 Å². The lowest BCUT2D eigenvalue weighted by Crippen LogP contribution is -2.10. The van der Waals surface area contributed by atoms with Crippen LogP contribution >= 0.6 is 0 Å². The van der Waals surface area contributed by atoms with E-state index in [2.05, 4.69) is 25.1 Å². The molecule has 9 heteroatoms. The molecule has 108 valence electrons. The van der Waals surface area contributed by atoms with Gasteiger partial charge >= 0.3 is 5.69 Å². The van der Waals surface area contributed by atoms with Crippen molar-refractivity contribution in [3.8, 4) is 0 Å². The Morgan fingerprint density at radius 2 is 2.30 bits per heavy atom. The van der Waals surface area contributed by atoms with Crippen LogP contribution in [0.3, 0.4) is 0 Å². The number of nitrogens with zero attached hydrogens (tertiary/aromatic N) is 5. The van der Waals surface area contributed by atoms with Gasteiger partial charge in [-0.3, -0.25) is 10.1 Å². The lowest BCUT2D eigenvalue weighted by atomic mass is 10.2. The van der Waals surface area contributed by atoms with Gasteiger partial charge in [-0.1, -0.05) is 18.5 Å². The Labute approximate surface area is 115 Å². The van der Waals surface area contributed by atoms with E-state index in [1.807, 2.05) is 6.92 Å². The summed E-state index contributed by atoms with van der Waals surface area (Å²) in [7, 11) is 1.68. The lowest BCUT2D eigenvalue weighted by molar-refractivity contribution is -0.384. The molecular weight excluding hydrogens is 264 g/mol. The molecule has 0 aliphatic rings. The molecule has 9 nitrogen and oxygen atoms in total. The zero-order valence-corrected chi connectivity index (χ0v) is 11.4. The Bertz CT molecular complexity index is 577. The molecule has 2 aromatic heterocycles. The molecule has 0 aliphatic carbocycles. The highest BCUT2D eigenvalue weighted by Crippen LogP contribution is 2.28. The molecule has 0 atom stereocenters. The van der Waals surface area contributed by atoms with E-state index >= 15 is 0 Å². The molecule has 0 unspecified atom stereocenters. The molecule has 2 aromatic rings. The molecule has 0 fully saturated rings. The molecule has 1 N–H and O–H groups in total. The van der Waals surface area contributed by atoms with Crippen LogP contribution in [0.4, 0.5) is 11.5 Å². The second-order valence-corrected chi connectivity index (χ2v) is 4.30. The Morgan fingerprint density at radius 1 is 1.50 bits per heavy atom. The van der Waals surface area contributed by atoms with E-state index in [4.69, 9.17) is 0 Å². The van der Waals surface area contributed by atoms with Gasteiger partial charge in [0.25, 0.3) is 0 Å². The Hall–Kier alpha value is -2.45. The van der Waals surface area contributed by atoms with Crippen molar-refractivity contribution >= 4 is 11.5 Å². The van der Waals surface area contributed by atoms with Crippen molar-refractivity contribution in [3.05, 3.63) is 28.0 Å². The second-order valence-electron chi connectivity index (χ2n) is 4.30. The number of rotatable bonds is 7. The summed E-state index contributed by atoms with van der Waals surface area (Å²) in [6.45, 7) is 2.42. The van der Waals surface area contributed by atoms with Gasteiger partial charge in [0.1, 0.15) is 5.69 Å². The van der Waals surface area contributed by atoms with Crippen LogP contribution in [-0.4, -0.2) is 31.4 Å². The van der Waals surface area contributed by atoms with Crippen molar-refractivity contribution in [2.75, 3.05) is 11.9 Å². The topological polar surface area (TPSA) is 112 Å². The Kier molecular flexibility index (Phi) is 4.28. The van der Waals surface area contributed by atoms with Gasteiger partial charge < -0.3 is 9.84 Å². The highest BCUT2D eigenvalue weighted by molar-refractivity contribution is 5.59. The highest BCUT2D eigenvalue weighted by Gasteiger charge is 2.25. The fraction of sp³-hybridized carbons (Fsp3) is 0.545. The smallest absolute Gasteiger partial charge is 0.333 e. The highest BCUT2D eigenvalue weighted by atomic mass is 16.6. The fourth-order valence-corrected chi connectivity index (χ4v) is 1.96. The molecule has 2 rings (SSSR count). The van der Waals surface area contributed by atoms with Gasteiger partial charge in [-0.25, -0.2) is 4.68 Å². The van der Waals surface area contributed by atoms with Crippen molar-refractivity contribution in [1.29, 1.82) is 0 Å². The molecule has 0 saturated heterocycles. The second kappa shape index (κ2) is 6.13. The minimum absolute atomic E-state index is 0.0439. The minimum atomic E-state index is -0.394. The van der Waals surface area contributed by atoms with E-state index in [0.717, 1.165) is 6.42 Å². The van der Waals surface area contributed by atoms with Crippen LogP contribution in [0.2, 0.25) is 0 Å². The van der Waals surface area contributed by atoms with Gasteiger partial charge in [-0.2, -0.15) is 10.1 Å². The van der Waals surface area contributed by atoms with Crippen LogP contribution in [0.5, 0.6) is 0 Å². The first-order valence-electron chi connectivity index (χ1n) is 6.32. The van der Waals surface area contributed by atoms with E-state index in [0.29, 0.717) is 36.7 Å². The van der Waals surface area contributed by atoms with Crippen LogP contribution in [0.1, 0.15) is 24.9 Å². The first-order chi connectivity index (χ1) is 9.63. The standard InChI is InChI=1S/C11H16N6O3/c1-3-4-8-10(17(18)19)11(16(2)14-8)12-6-5-9-13-7-20-15-9/h7,12H,3-6H2,1-2H3. The lowest BCUT2D eigenvalue weighted by Gasteiger charge is -2.04. The number of aryl methyl sites for hydroxylation is 2. The molecule has 0 bridgehead atoms. The largest absolute Gasteiger partial charge is 0.364 e. The maximum Gasteiger partial charge on any atom is 0.333 e. The van der Waals surface area contributed by atoms with E-state index in [1.165, 1.54) is 11.1 Å². The summed E-state index contributed by atoms with van der Waals surface area (Å²) < 4.78 is 6.12. The van der Waals surface area contributed by atoms with Crippen LogP contribution < -0.4 is 5.32 Å². The molecule has 0 saturated carbocycles. The third-order valence-electron chi connectivity index (χ3n) is 2.81. The molecule has 20 heavy (non-hydrogen) atoms. The van der Waals surface area contributed by atoms with E-state index < -0.39 is 4.92 Å². The number of anilines is 1. The zero-order valence-electron chi connectivity index (χ0n) is 11.4. The number of nitrogens with one attached hydrogen (secondary N) is 1. The number of aromatic nitrogens is 4. The average molecular weight is 280 g/mol. The van der Waals surface area contributed by atoms with Crippen molar-refractivity contribution in [2.45, 2.75) is 26.2 Å². The van der Waals surface area contributed by atoms with E-state index in [9.17, 15) is 10.1 Å². The van der Waals surface area contributed by atoms with Crippen molar-refractivity contribution in [2.24, 2.45) is 7.05 Å². The first kappa shape index (κ1) is 14.0. The van der Waals surface area contributed by atoms with Crippen LogP contribution in [-0.2, 0) is 19.9 Å². The van der Waals surface area contributed by atoms with Crippen molar-refractivity contribution < 1.29 is 9.45 Å². The first-order valence-corrected chi connectivity index (χ1v) is 6.32. The third kappa shape index (κ3) is 2.92. The summed E-state index contributed by atoms with van der Waals surface area (Å²) in [5, 5.41) is 22.1. The molecule has 0 amide bonds. The number of nitro groups is 1. The van der Waals surface area contributed by atoms with Gasteiger partial charge in [0.2, 0.25) is 12.2 Å². The molecule has 0 radical (unpaired) electrons. The number of hydrogen-bond acceptors (Lipinski definition) is 7. The monoisotopic (exact) mass is 280 g/mol. The zero-order chi connectivity index (χ0) is 14.5. The predicted octanol–water partition coefficient (Wildman–Crippen LogP) is 1.32. The van der Waals surface area contributed by atoms with Gasteiger partial charge in [0, 0.05) is 20.0 Å². The average Bonchev–Trinajstić information content (AvgIpc) is 2.99. The van der Waals surface area contributed by atoms with Gasteiger partial charge in [-0.15, -0.1) is 0 Å². The Morgan fingerprint density at radius 3 is 2.90 bits per heavy atom. The van der Waals surface area contributed by atoms with Crippen LogP contribution in [0.15, 0.2) is 10.9 Å². The van der Waals surface area contributed by atoms with E-state index in [1.54, 1.807) is 7.05 Å². The molecule has 0 aliphatic heterocycles. The maximum absolute atomic E-state index is 11.2. The van der Waals surface area contributed by atoms with Gasteiger partial charge in [-0.05, 0) is 6.42 Å². The minimum Gasteiger partial charge on any atom is -0.364 e. The van der Waals surface area contributed by atoms with E-state index in [-0.39, 0.29) is 5.69 Å². The fourth-order valence-electron chi connectivity index (χ4n) is 1.96. The van der Waals surface area contributed by atoms with Crippen LogP contribution in [0.25, 0.3) is 0 Å². The molecule has 0 spiro atoms. The van der Waals surface area contributed by atoms with Crippen molar-refractivity contribution in [1.82, 2.24) is 19.9 Å². The SMILES string of the molecule is CCCc1nn(C)c(NCCc2ncon2)c1[N+](=O)[O-]. The summed E-state index contributed by atoms with van der Waals surface area (Å²) in [6, 6.07) is 0. The quantitative estimate of drug-likeness (QED) is 0.601. The maximum atomic E-state index is 11.2. The summed E-state index contributed by atoms with van der Waals surface area (Å²) in [5.74, 6) is 0.957.